The topological polar surface area (TPSA) is 148 Å². The molecule has 4 rings (SSSR count). The first-order chi connectivity index (χ1) is 23.1. The van der Waals surface area contributed by atoms with Gasteiger partial charge in [-0.15, -0.1) is 0 Å². The van der Waals surface area contributed by atoms with E-state index >= 15 is 0 Å². The van der Waals surface area contributed by atoms with E-state index in [1.54, 1.807) is 39.1 Å². The first kappa shape index (κ1) is 41.3. The molecule has 3 heterocycles. The van der Waals surface area contributed by atoms with Crippen LogP contribution in [0.5, 0.6) is 0 Å². The second-order valence-electron chi connectivity index (χ2n) is 18.9. The van der Waals surface area contributed by atoms with E-state index in [0.717, 1.165) is 25.9 Å². The molecule has 0 bridgehead atoms. The molecule has 1 amide bonds. The lowest BCUT2D eigenvalue weighted by atomic mass is 9.93. The van der Waals surface area contributed by atoms with E-state index in [1.807, 2.05) is 6.92 Å². The maximum Gasteiger partial charge on any atom is 0.279 e. The maximum atomic E-state index is 13.9. The van der Waals surface area contributed by atoms with Gasteiger partial charge < -0.3 is 24.4 Å². The lowest BCUT2D eigenvalue weighted by molar-refractivity contribution is 0.0412. The maximum absolute atomic E-state index is 13.9. The van der Waals surface area contributed by atoms with E-state index in [0.29, 0.717) is 23.7 Å². The second kappa shape index (κ2) is 14.1. The summed E-state index contributed by atoms with van der Waals surface area (Å²) in [6, 6.07) is 4.50. The van der Waals surface area contributed by atoms with Gasteiger partial charge in [-0.1, -0.05) is 47.6 Å². The number of carbonyl (C=O) groups excluding carboxylic acids is 1. The molecule has 1 atom stereocenters. The van der Waals surface area contributed by atoms with Crippen LogP contribution < -0.4 is 20.3 Å². The summed E-state index contributed by atoms with van der Waals surface area (Å²) >= 11 is 0. The number of amides is 1. The number of aromatic nitrogens is 3. The van der Waals surface area contributed by atoms with Crippen LogP contribution in [0.4, 0.5) is 17.5 Å². The van der Waals surface area contributed by atoms with Crippen LogP contribution in [0, 0.1) is 5.41 Å². The Bertz CT molecular complexity index is 1690. The molecule has 51 heavy (non-hydrogen) atoms. The molecule has 2 aromatic rings. The molecule has 15 heteroatoms. The zero-order valence-corrected chi connectivity index (χ0v) is 36.3. The summed E-state index contributed by atoms with van der Waals surface area (Å²) < 4.78 is 42.4. The SMILES string of the molecule is CC(C)(C)NS(=O)(=O)c1cccc(NC(=O)c2ncc(NC(C)(CO[Si](C)(C)C(C)(C)C)O[Si](C)(C)C(C)(C)C)nc2N2CCC3(CC2)CC3)n1. The van der Waals surface area contributed by atoms with E-state index in [9.17, 15) is 13.2 Å². The van der Waals surface area contributed by atoms with Crippen LogP contribution in [0.3, 0.4) is 0 Å². The molecule has 1 saturated heterocycles. The van der Waals surface area contributed by atoms with Crippen molar-refractivity contribution in [3.05, 3.63) is 30.1 Å². The lowest BCUT2D eigenvalue weighted by Gasteiger charge is -2.46. The largest absolute Gasteiger partial charge is 0.412 e. The highest BCUT2D eigenvalue weighted by atomic mass is 32.2. The highest BCUT2D eigenvalue weighted by molar-refractivity contribution is 7.89. The number of sulfonamides is 1. The average Bonchev–Trinajstić information content (AvgIpc) is 3.72. The molecule has 2 aromatic heterocycles. The Hall–Kier alpha value is -2.44. The van der Waals surface area contributed by atoms with Crippen molar-refractivity contribution in [1.82, 2.24) is 19.7 Å². The van der Waals surface area contributed by atoms with Gasteiger partial charge in [-0.3, -0.25) is 4.79 Å². The van der Waals surface area contributed by atoms with Crippen LogP contribution in [0.15, 0.2) is 29.4 Å². The summed E-state index contributed by atoms with van der Waals surface area (Å²) in [5, 5.41) is 6.13. The van der Waals surface area contributed by atoms with Gasteiger partial charge in [0.1, 0.15) is 17.4 Å². The number of rotatable bonds is 12. The molecule has 12 nitrogen and oxygen atoms in total. The van der Waals surface area contributed by atoms with Crippen molar-refractivity contribution in [2.24, 2.45) is 5.41 Å². The van der Waals surface area contributed by atoms with E-state index in [-0.39, 0.29) is 26.6 Å². The molecular weight excluding hydrogens is 699 g/mol. The number of nitrogens with zero attached hydrogens (tertiary/aromatic N) is 4. The second-order valence-corrected chi connectivity index (χ2v) is 30.0. The molecule has 2 fully saturated rings. The average molecular weight is 762 g/mol. The molecule has 1 aliphatic carbocycles. The third kappa shape index (κ3) is 10.4. The Morgan fingerprint density at radius 1 is 0.863 bits per heavy atom. The molecule has 1 spiro atoms. The summed E-state index contributed by atoms with van der Waals surface area (Å²) in [6.07, 6.45) is 6.11. The van der Waals surface area contributed by atoms with Gasteiger partial charge in [0.2, 0.25) is 0 Å². The minimum Gasteiger partial charge on any atom is -0.412 e. The number of pyridine rings is 1. The molecule has 286 valence electrons. The summed E-state index contributed by atoms with van der Waals surface area (Å²) in [5.41, 5.74) is -1.07. The van der Waals surface area contributed by atoms with Gasteiger partial charge in [-0.2, -0.15) is 0 Å². The van der Waals surface area contributed by atoms with Gasteiger partial charge in [0.25, 0.3) is 15.9 Å². The van der Waals surface area contributed by atoms with Crippen molar-refractivity contribution in [2.45, 2.75) is 147 Å². The molecular formula is C36H63N7O5SSi2. The van der Waals surface area contributed by atoms with Crippen molar-refractivity contribution in [2.75, 3.05) is 35.2 Å². The first-order valence-electron chi connectivity index (χ1n) is 18.1. The van der Waals surface area contributed by atoms with E-state index in [2.05, 4.69) is 98.0 Å². The van der Waals surface area contributed by atoms with Crippen LogP contribution >= 0.6 is 0 Å². The predicted octanol–water partition coefficient (Wildman–Crippen LogP) is 7.75. The Morgan fingerprint density at radius 3 is 1.98 bits per heavy atom. The summed E-state index contributed by atoms with van der Waals surface area (Å²) in [7, 11) is -8.35. The molecule has 3 N–H and O–H groups in total. The number of hydrogen-bond donors (Lipinski definition) is 3. The van der Waals surface area contributed by atoms with E-state index in [4.69, 9.17) is 13.8 Å². The van der Waals surface area contributed by atoms with Crippen molar-refractivity contribution < 1.29 is 22.1 Å². The summed E-state index contributed by atoms with van der Waals surface area (Å²) in [6.45, 7) is 31.3. The standard InChI is InChI=1S/C36H63N7O5SSi2/c1-32(2,3)42-49(45,46)28-17-15-16-26(38-28)40-31(44)29-30(43-22-20-36(18-19-36)21-23-43)39-27(24-37-29)41-35(10,48-51(13,14)34(7,8)9)25-47-50(11,12)33(4,5)6/h15-17,24,42H,18-23,25H2,1-14H3,(H,39,41)(H,38,40,44). The third-order valence-corrected chi connectivity index (χ3v) is 21.6. The monoisotopic (exact) mass is 761 g/mol. The predicted molar refractivity (Wildman–Crippen MR) is 211 cm³/mol. The highest BCUT2D eigenvalue weighted by Gasteiger charge is 2.47. The van der Waals surface area contributed by atoms with Crippen molar-refractivity contribution >= 4 is 50.0 Å². The van der Waals surface area contributed by atoms with Crippen LogP contribution in [0.1, 0.15) is 105 Å². The Balaban J connectivity index is 1.69. The fraction of sp³-hybridized carbons (Fsp3) is 0.722. The molecule has 2 aliphatic rings. The zero-order valence-electron chi connectivity index (χ0n) is 33.5. The van der Waals surface area contributed by atoms with Gasteiger partial charge >= 0.3 is 0 Å². The minimum absolute atomic E-state index is 0.0156. The van der Waals surface area contributed by atoms with Crippen molar-refractivity contribution in [3.8, 4) is 0 Å². The summed E-state index contributed by atoms with van der Waals surface area (Å²) in [4.78, 5) is 30.0. The minimum atomic E-state index is -3.91. The smallest absolute Gasteiger partial charge is 0.279 e. The van der Waals surface area contributed by atoms with Gasteiger partial charge in [0.05, 0.1) is 12.8 Å². The van der Waals surface area contributed by atoms with Crippen LogP contribution in [-0.4, -0.2) is 76.9 Å². The number of carbonyl (C=O) groups is 1. The highest BCUT2D eigenvalue weighted by Crippen LogP contribution is 2.54. The molecule has 1 aliphatic heterocycles. The van der Waals surface area contributed by atoms with E-state index < -0.39 is 43.8 Å². The normalized spacial score (nSPS) is 18.4. The van der Waals surface area contributed by atoms with Crippen molar-refractivity contribution in [1.29, 1.82) is 0 Å². The lowest BCUT2D eigenvalue weighted by Crippen LogP contribution is -2.56. The number of piperidine rings is 1. The molecule has 0 radical (unpaired) electrons. The van der Waals surface area contributed by atoms with Gasteiger partial charge in [0.15, 0.2) is 33.2 Å². The Morgan fingerprint density at radius 2 is 1.45 bits per heavy atom. The molecule has 1 saturated carbocycles. The van der Waals surface area contributed by atoms with Gasteiger partial charge in [-0.25, -0.2) is 28.1 Å². The van der Waals surface area contributed by atoms with Crippen LogP contribution in [0.2, 0.25) is 36.3 Å². The molecule has 1 unspecified atom stereocenters. The van der Waals surface area contributed by atoms with Gasteiger partial charge in [-0.05, 0) is 107 Å². The van der Waals surface area contributed by atoms with Crippen molar-refractivity contribution in [3.63, 3.8) is 0 Å². The number of hydrogen-bond acceptors (Lipinski definition) is 10. The Kier molecular flexibility index (Phi) is 11.4. The van der Waals surface area contributed by atoms with Gasteiger partial charge in [0, 0.05) is 18.6 Å². The summed E-state index contributed by atoms with van der Waals surface area (Å²) in [5.74, 6) is 0.516. The number of anilines is 3. The van der Waals surface area contributed by atoms with Crippen LogP contribution in [0.25, 0.3) is 0 Å². The number of nitrogens with one attached hydrogen (secondary N) is 3. The first-order valence-corrected chi connectivity index (χ1v) is 25.4. The fourth-order valence-corrected chi connectivity index (χ4v) is 9.57. The third-order valence-electron chi connectivity index (χ3n) is 10.9. The fourth-order valence-electron chi connectivity index (χ4n) is 5.57. The Labute approximate surface area is 309 Å². The quantitative estimate of drug-likeness (QED) is 0.145. The van der Waals surface area contributed by atoms with E-state index in [1.165, 1.54) is 18.9 Å². The molecule has 0 aromatic carbocycles. The zero-order chi connectivity index (χ0) is 38.5. The van der Waals surface area contributed by atoms with Crippen LogP contribution in [-0.2, 0) is 18.9 Å².